The summed E-state index contributed by atoms with van der Waals surface area (Å²) in [5.74, 6) is -8.45. The molecule has 0 spiro atoms. The standard InChI is InChI=1S/C44H58F3N5O10S/c1-8-25-18-24(2)12-9-10-13-26-22-44(26,39(55)50-63(58,59)42(5)15-16-42)49-35(53)32-19-27(23-51(32)38(54)34(25)52(40(56)57)41(3,4)43(6,46)47)62-37-30-20-31(45)33(60-7)21-29(30)28-14-11-17-61-36(28)48-37/h10,13,20-21,24-27,32,34H,8-9,11-12,14-19,22-23H2,1-7H3,(H,49,53)(H,50,55)(H,56,57)/b13-10-/t24-,25-,26-,27-,32+,34+,44-/m1/s1. The number of nitrogens with zero attached hydrogens (tertiary/aromatic N) is 3. The Hall–Kier alpha value is -4.81. The number of carbonyl (C=O) groups is 4. The fourth-order valence-electron chi connectivity index (χ4n) is 9.34. The van der Waals surface area contributed by atoms with E-state index in [2.05, 4.69) is 15.0 Å². The molecule has 7 atom stereocenters. The van der Waals surface area contributed by atoms with E-state index in [4.69, 9.17) is 14.2 Å². The number of aryl methyl sites for hydroxylation is 1. The number of sulfonamides is 1. The maximum absolute atomic E-state index is 15.6. The van der Waals surface area contributed by atoms with Gasteiger partial charge in [-0.15, -0.1) is 0 Å². The number of hydrogen-bond donors (Lipinski definition) is 3. The van der Waals surface area contributed by atoms with Gasteiger partial charge < -0.3 is 29.5 Å². The van der Waals surface area contributed by atoms with E-state index in [1.807, 2.05) is 13.0 Å². The summed E-state index contributed by atoms with van der Waals surface area (Å²) in [5.41, 5.74) is -3.43. The highest BCUT2D eigenvalue weighted by Crippen LogP contribution is 2.48. The van der Waals surface area contributed by atoms with E-state index >= 15 is 18.0 Å². The van der Waals surface area contributed by atoms with E-state index in [9.17, 15) is 27.9 Å². The zero-order valence-corrected chi connectivity index (χ0v) is 37.6. The zero-order valence-electron chi connectivity index (χ0n) is 36.8. The van der Waals surface area contributed by atoms with Crippen LogP contribution in [-0.4, -0.2) is 112 Å². The monoisotopic (exact) mass is 905 g/mol. The average Bonchev–Trinajstić information content (AvgIpc) is 4.09. The summed E-state index contributed by atoms with van der Waals surface area (Å²) in [6.07, 6.45) is 4.06. The van der Waals surface area contributed by atoms with Crippen LogP contribution in [0.5, 0.6) is 17.5 Å². The first kappa shape index (κ1) is 46.2. The Labute approximate surface area is 365 Å². The predicted molar refractivity (Wildman–Crippen MR) is 225 cm³/mol. The van der Waals surface area contributed by atoms with E-state index < -0.39 is 91.4 Å². The van der Waals surface area contributed by atoms with Crippen LogP contribution in [0.25, 0.3) is 10.8 Å². The zero-order chi connectivity index (χ0) is 46.0. The number of methoxy groups -OCH3 is 1. The van der Waals surface area contributed by atoms with Gasteiger partial charge in [0.05, 0.1) is 25.0 Å². The second kappa shape index (κ2) is 16.6. The van der Waals surface area contributed by atoms with Crippen LogP contribution in [0.2, 0.25) is 0 Å². The maximum Gasteiger partial charge on any atom is 0.408 e. The third-order valence-corrected chi connectivity index (χ3v) is 16.3. The quantitative estimate of drug-likeness (QED) is 0.233. The molecule has 3 N–H and O–H groups in total. The summed E-state index contributed by atoms with van der Waals surface area (Å²) < 4.78 is 91.8. The van der Waals surface area contributed by atoms with E-state index in [0.717, 1.165) is 18.7 Å². The molecule has 0 unspecified atom stereocenters. The second-order valence-electron chi connectivity index (χ2n) is 18.9. The summed E-state index contributed by atoms with van der Waals surface area (Å²) in [7, 11) is -2.80. The maximum atomic E-state index is 15.6. The highest BCUT2D eigenvalue weighted by molar-refractivity contribution is 7.91. The molecule has 7 rings (SSSR count). The molecule has 19 heteroatoms. The van der Waals surface area contributed by atoms with Gasteiger partial charge >= 0.3 is 6.09 Å². The van der Waals surface area contributed by atoms with E-state index in [-0.39, 0.29) is 61.0 Å². The van der Waals surface area contributed by atoms with Crippen molar-refractivity contribution in [3.8, 4) is 17.5 Å². The molecule has 4 amide bonds. The molecule has 346 valence electrons. The van der Waals surface area contributed by atoms with Gasteiger partial charge in [0.25, 0.3) is 11.8 Å². The van der Waals surface area contributed by atoms with Crippen molar-refractivity contribution in [1.82, 2.24) is 24.8 Å². The summed E-state index contributed by atoms with van der Waals surface area (Å²) in [6.45, 7) is 7.88. The summed E-state index contributed by atoms with van der Waals surface area (Å²) in [5, 5.41) is 14.4. The van der Waals surface area contributed by atoms with Crippen molar-refractivity contribution >= 4 is 44.6 Å². The minimum absolute atomic E-state index is 0.0268. The molecule has 1 saturated heterocycles. The molecule has 0 radical (unpaired) electrons. The van der Waals surface area contributed by atoms with E-state index in [1.54, 1.807) is 13.0 Å². The van der Waals surface area contributed by atoms with E-state index in [1.165, 1.54) is 26.2 Å². The van der Waals surface area contributed by atoms with Gasteiger partial charge in [0.1, 0.15) is 29.3 Å². The van der Waals surface area contributed by atoms with Gasteiger partial charge in [-0.3, -0.25) is 24.0 Å². The number of carbonyl (C=O) groups excluding carboxylic acids is 3. The third-order valence-electron chi connectivity index (χ3n) is 14.1. The number of benzene rings is 1. The molecule has 3 aliphatic heterocycles. The van der Waals surface area contributed by atoms with Crippen LogP contribution < -0.4 is 24.2 Å². The lowest BCUT2D eigenvalue weighted by atomic mass is 9.81. The van der Waals surface area contributed by atoms with Gasteiger partial charge in [0.15, 0.2) is 11.6 Å². The van der Waals surface area contributed by atoms with Gasteiger partial charge in [-0.05, 0) is 101 Å². The van der Waals surface area contributed by atoms with Crippen LogP contribution in [0.1, 0.15) is 105 Å². The van der Waals surface area contributed by atoms with Crippen molar-refractivity contribution in [1.29, 1.82) is 0 Å². The Morgan fingerprint density at radius 3 is 2.51 bits per heavy atom. The van der Waals surface area contributed by atoms with Gasteiger partial charge in [-0.25, -0.2) is 26.4 Å². The first-order chi connectivity index (χ1) is 29.5. The summed E-state index contributed by atoms with van der Waals surface area (Å²) >= 11 is 0. The number of halogens is 3. The van der Waals surface area contributed by atoms with Gasteiger partial charge in [-0.2, -0.15) is 4.98 Å². The van der Waals surface area contributed by atoms with Crippen LogP contribution >= 0.6 is 0 Å². The number of allylic oxidation sites excluding steroid dienone is 1. The number of pyridine rings is 1. The van der Waals surface area contributed by atoms with Gasteiger partial charge in [0.2, 0.25) is 33.6 Å². The van der Waals surface area contributed by atoms with Crippen LogP contribution in [0.4, 0.5) is 18.0 Å². The normalized spacial score (nSPS) is 29.1. The van der Waals surface area contributed by atoms with Crippen LogP contribution in [-0.2, 0) is 30.8 Å². The molecule has 63 heavy (non-hydrogen) atoms. The number of alkyl halides is 2. The molecule has 3 fully saturated rings. The number of carboxylic acid groups (broad SMARTS) is 1. The molecular weight excluding hydrogens is 848 g/mol. The topological polar surface area (TPSA) is 194 Å². The van der Waals surface area contributed by atoms with Crippen LogP contribution in [0, 0.1) is 23.6 Å². The molecule has 0 bridgehead atoms. The summed E-state index contributed by atoms with van der Waals surface area (Å²) in [4.78, 5) is 63.8. The molecule has 2 saturated carbocycles. The third kappa shape index (κ3) is 8.50. The fraction of sp³-hybridized carbons (Fsp3) is 0.659. The Bertz CT molecular complexity index is 2320. The second-order valence-corrected chi connectivity index (χ2v) is 21.1. The molecule has 5 aliphatic rings. The van der Waals surface area contributed by atoms with Crippen LogP contribution in [0.15, 0.2) is 24.3 Å². The van der Waals surface area contributed by atoms with Crippen molar-refractivity contribution in [3.05, 3.63) is 35.7 Å². The lowest BCUT2D eigenvalue weighted by molar-refractivity contribution is -0.157. The smallest absolute Gasteiger partial charge is 0.408 e. The predicted octanol–water partition coefficient (Wildman–Crippen LogP) is 6.11. The van der Waals surface area contributed by atoms with Crippen molar-refractivity contribution in [2.75, 3.05) is 20.3 Å². The van der Waals surface area contributed by atoms with Gasteiger partial charge in [0, 0.05) is 30.2 Å². The molecular formula is C44H58F3N5O10S. The molecule has 2 aliphatic carbocycles. The lowest BCUT2D eigenvalue weighted by Gasteiger charge is -2.47. The highest BCUT2D eigenvalue weighted by Gasteiger charge is 2.63. The number of aromatic nitrogens is 1. The van der Waals surface area contributed by atoms with Gasteiger partial charge in [-0.1, -0.05) is 32.4 Å². The molecule has 15 nitrogen and oxygen atoms in total. The minimum Gasteiger partial charge on any atom is -0.494 e. The average molecular weight is 906 g/mol. The number of rotatable bonds is 10. The Morgan fingerprint density at radius 1 is 1.16 bits per heavy atom. The van der Waals surface area contributed by atoms with Crippen molar-refractivity contribution in [3.63, 3.8) is 0 Å². The summed E-state index contributed by atoms with van der Waals surface area (Å²) in [6, 6.07) is -0.467. The molecule has 4 heterocycles. The Morgan fingerprint density at radius 2 is 1.87 bits per heavy atom. The largest absolute Gasteiger partial charge is 0.494 e. The first-order valence-electron chi connectivity index (χ1n) is 21.7. The minimum atomic E-state index is -4.13. The van der Waals surface area contributed by atoms with E-state index in [0.29, 0.717) is 67.9 Å². The van der Waals surface area contributed by atoms with Crippen molar-refractivity contribution in [2.24, 2.45) is 17.8 Å². The molecule has 1 aromatic carbocycles. The molecule has 2 aromatic rings. The van der Waals surface area contributed by atoms with Crippen LogP contribution in [0.3, 0.4) is 0 Å². The number of nitrogens with one attached hydrogen (secondary N) is 2. The highest BCUT2D eigenvalue weighted by atomic mass is 32.2. The number of amides is 4. The lowest BCUT2D eigenvalue weighted by Crippen LogP contribution is -2.67. The SMILES string of the molecule is CC[C@@H]1C[C@H](C)CC/C=C\[C@@H]2C[C@@]2(C(=O)NS(=O)(=O)C2(C)CC2)NC(=O)[C@@H]2C[C@@H](Oc3nc4c(c5cc(OC)c(F)cc35)CCCO4)CN2C(=O)[C@H]1N(C(=O)O)C(C)(C)C(C)(F)F. The fourth-order valence-corrected chi connectivity index (χ4v) is 10.7. The Kier molecular flexibility index (Phi) is 12.2. The van der Waals surface area contributed by atoms with Crippen molar-refractivity contribution < 1.29 is 60.1 Å². The molecule has 1 aromatic heterocycles. The number of hydrogen-bond acceptors (Lipinski definition) is 10. The first-order valence-corrected chi connectivity index (χ1v) is 23.2. The Balaban J connectivity index is 1.33. The van der Waals surface area contributed by atoms with Crippen molar-refractivity contribution in [2.45, 2.75) is 146 Å². The number of ether oxygens (including phenoxy) is 3. The number of fused-ring (bicyclic) bond motifs is 5.